The normalized spacial score (nSPS) is 19.2. The van der Waals surface area contributed by atoms with Gasteiger partial charge in [-0.2, -0.15) is 0 Å². The second-order valence-corrected chi connectivity index (χ2v) is 11.7. The van der Waals surface area contributed by atoms with E-state index < -0.39 is 0 Å². The van der Waals surface area contributed by atoms with E-state index >= 15 is 0 Å². The predicted octanol–water partition coefficient (Wildman–Crippen LogP) is 7.53. The fourth-order valence-electron chi connectivity index (χ4n) is 6.14. The van der Waals surface area contributed by atoms with Crippen molar-refractivity contribution in [2.24, 2.45) is 5.92 Å². The SMILES string of the molecule is C=C1Nc2nc(-c3c(O)cccc3NCC3CC3)cc(C3CCCNC3)c2C=C1/C(=C\C)NC(CCC)CCC. The van der Waals surface area contributed by atoms with Gasteiger partial charge in [0.25, 0.3) is 0 Å². The van der Waals surface area contributed by atoms with Crippen molar-refractivity contribution >= 4 is 17.6 Å². The first-order valence-electron chi connectivity index (χ1n) is 15.4. The molecule has 6 nitrogen and oxygen atoms in total. The highest BCUT2D eigenvalue weighted by Gasteiger charge is 2.28. The summed E-state index contributed by atoms with van der Waals surface area (Å²) in [4.78, 5) is 5.12. The van der Waals surface area contributed by atoms with Crippen molar-refractivity contribution in [3.05, 3.63) is 65.0 Å². The molecule has 0 amide bonds. The summed E-state index contributed by atoms with van der Waals surface area (Å²) in [7, 11) is 0. The van der Waals surface area contributed by atoms with Gasteiger partial charge in [-0.15, -0.1) is 0 Å². The minimum absolute atomic E-state index is 0.255. The van der Waals surface area contributed by atoms with Gasteiger partial charge in [0.2, 0.25) is 0 Å². The van der Waals surface area contributed by atoms with Crippen LogP contribution in [0.2, 0.25) is 0 Å². The quantitative estimate of drug-likeness (QED) is 0.191. The molecule has 1 saturated heterocycles. The summed E-state index contributed by atoms with van der Waals surface area (Å²) in [6.45, 7) is 14.0. The summed E-state index contributed by atoms with van der Waals surface area (Å²) in [5.41, 5.74) is 7.99. The van der Waals surface area contributed by atoms with E-state index in [1.807, 2.05) is 6.07 Å². The number of nitrogens with one attached hydrogen (secondary N) is 4. The van der Waals surface area contributed by atoms with Gasteiger partial charge in [-0.3, -0.25) is 0 Å². The molecule has 2 aliphatic heterocycles. The van der Waals surface area contributed by atoms with Crippen LogP contribution in [0.5, 0.6) is 5.75 Å². The lowest BCUT2D eigenvalue weighted by Gasteiger charge is -2.31. The first kappa shape index (κ1) is 28.3. The number of hydrogen-bond donors (Lipinski definition) is 5. The van der Waals surface area contributed by atoms with Crippen LogP contribution in [-0.2, 0) is 0 Å². The van der Waals surface area contributed by atoms with E-state index in [2.05, 4.69) is 72.9 Å². The van der Waals surface area contributed by atoms with Crippen LogP contribution < -0.4 is 21.3 Å². The van der Waals surface area contributed by atoms with Crippen LogP contribution in [0.4, 0.5) is 11.5 Å². The molecule has 214 valence electrons. The Balaban J connectivity index is 1.57. The molecule has 2 fully saturated rings. The molecule has 1 aromatic heterocycles. The molecule has 1 atom stereocenters. The van der Waals surface area contributed by atoms with Crippen LogP contribution in [-0.4, -0.2) is 35.8 Å². The summed E-state index contributed by atoms with van der Waals surface area (Å²) in [5, 5.41) is 25.6. The van der Waals surface area contributed by atoms with E-state index in [-0.39, 0.29) is 5.75 Å². The van der Waals surface area contributed by atoms with Crippen molar-refractivity contribution in [2.75, 3.05) is 30.3 Å². The Morgan fingerprint density at radius 1 is 1.20 bits per heavy atom. The van der Waals surface area contributed by atoms with Gasteiger partial charge in [0.15, 0.2) is 0 Å². The van der Waals surface area contributed by atoms with Crippen LogP contribution in [0.25, 0.3) is 17.3 Å². The third kappa shape index (κ3) is 6.38. The fraction of sp³-hybridized carbons (Fsp3) is 0.500. The number of fused-ring (bicyclic) bond motifs is 1. The van der Waals surface area contributed by atoms with Crippen LogP contribution in [0.3, 0.4) is 0 Å². The lowest BCUT2D eigenvalue weighted by molar-refractivity contribution is 0.461. The van der Waals surface area contributed by atoms with E-state index in [1.165, 1.54) is 18.4 Å². The highest BCUT2D eigenvalue weighted by atomic mass is 16.3. The molecule has 3 heterocycles. The van der Waals surface area contributed by atoms with Crippen molar-refractivity contribution in [3.8, 4) is 17.0 Å². The largest absolute Gasteiger partial charge is 0.507 e. The zero-order valence-electron chi connectivity index (χ0n) is 24.6. The molecule has 1 unspecified atom stereocenters. The van der Waals surface area contributed by atoms with E-state index in [1.54, 1.807) is 6.07 Å². The first-order chi connectivity index (χ1) is 19.5. The average Bonchev–Trinajstić information content (AvgIpc) is 3.79. The van der Waals surface area contributed by atoms with Crippen LogP contribution in [0.15, 0.2) is 53.9 Å². The number of hydrogen-bond acceptors (Lipinski definition) is 6. The van der Waals surface area contributed by atoms with Crippen molar-refractivity contribution in [2.45, 2.75) is 84.1 Å². The topological polar surface area (TPSA) is 81.2 Å². The first-order valence-corrected chi connectivity index (χ1v) is 15.4. The molecule has 0 spiro atoms. The number of allylic oxidation sites excluding steroid dienone is 1. The molecule has 1 saturated carbocycles. The van der Waals surface area contributed by atoms with Crippen LogP contribution in [0.1, 0.15) is 89.2 Å². The third-order valence-electron chi connectivity index (χ3n) is 8.50. The number of nitrogens with zero attached hydrogens (tertiary/aromatic N) is 1. The zero-order chi connectivity index (χ0) is 28.1. The monoisotopic (exact) mass is 541 g/mol. The molecule has 1 aliphatic carbocycles. The number of pyridine rings is 1. The number of phenolic OH excluding ortho intramolecular Hbond substituents is 1. The smallest absolute Gasteiger partial charge is 0.138 e. The maximum absolute atomic E-state index is 11.0. The molecule has 3 aliphatic rings. The van der Waals surface area contributed by atoms with Gasteiger partial charge in [-0.05, 0) is 93.7 Å². The number of anilines is 2. The molecule has 2 aromatic rings. The molecule has 5 N–H and O–H groups in total. The van der Waals surface area contributed by atoms with E-state index in [4.69, 9.17) is 4.98 Å². The van der Waals surface area contributed by atoms with Gasteiger partial charge < -0.3 is 26.4 Å². The predicted molar refractivity (Wildman–Crippen MR) is 169 cm³/mol. The molecule has 6 heteroatoms. The average molecular weight is 542 g/mol. The Bertz CT molecular complexity index is 1260. The number of phenols is 1. The molecule has 1 aromatic carbocycles. The summed E-state index contributed by atoms with van der Waals surface area (Å²) < 4.78 is 0. The summed E-state index contributed by atoms with van der Waals surface area (Å²) in [5.74, 6) is 2.17. The second kappa shape index (κ2) is 12.9. The standard InChI is InChI=1S/C34H47N5O/c1-5-10-25(11-6-2)38-29(7-3)26-18-28-27(24-12-9-17-35-21-24)19-31(39-34(28)37-22(26)4)33-30(13-8-14-32(33)40)36-20-23-15-16-23/h7-8,13-14,18-19,23-25,35-36,38,40H,4-6,9-12,15-17,20-21H2,1-3H3,(H,37,39)/b29-7+. The summed E-state index contributed by atoms with van der Waals surface area (Å²) in [6, 6.07) is 8.39. The Hall–Kier alpha value is -3.25. The fourth-order valence-corrected chi connectivity index (χ4v) is 6.14. The maximum Gasteiger partial charge on any atom is 0.138 e. The zero-order valence-corrected chi connectivity index (χ0v) is 24.6. The van der Waals surface area contributed by atoms with Crippen molar-refractivity contribution in [1.29, 1.82) is 0 Å². The number of aromatic nitrogens is 1. The van der Waals surface area contributed by atoms with Gasteiger partial charge in [0.05, 0.1) is 11.3 Å². The maximum atomic E-state index is 11.0. The highest BCUT2D eigenvalue weighted by molar-refractivity contribution is 5.86. The van der Waals surface area contributed by atoms with Gasteiger partial charge in [0.1, 0.15) is 11.6 Å². The van der Waals surface area contributed by atoms with Crippen molar-refractivity contribution in [1.82, 2.24) is 15.6 Å². The van der Waals surface area contributed by atoms with Crippen molar-refractivity contribution in [3.63, 3.8) is 0 Å². The van der Waals surface area contributed by atoms with E-state index in [0.717, 1.165) is 109 Å². The van der Waals surface area contributed by atoms with E-state index in [0.29, 0.717) is 12.0 Å². The molecule has 5 rings (SSSR count). The molecule has 40 heavy (non-hydrogen) atoms. The Morgan fingerprint density at radius 2 is 2.00 bits per heavy atom. The lowest BCUT2D eigenvalue weighted by atomic mass is 9.85. The van der Waals surface area contributed by atoms with Crippen LogP contribution in [0, 0.1) is 5.92 Å². The van der Waals surface area contributed by atoms with Crippen LogP contribution >= 0.6 is 0 Å². The van der Waals surface area contributed by atoms with E-state index in [9.17, 15) is 5.11 Å². The van der Waals surface area contributed by atoms with Gasteiger partial charge in [0, 0.05) is 47.3 Å². The minimum atomic E-state index is 0.255. The number of piperidine rings is 1. The summed E-state index contributed by atoms with van der Waals surface area (Å²) in [6.07, 6.45) is 13.9. The number of rotatable bonds is 12. The molecular weight excluding hydrogens is 494 g/mol. The second-order valence-electron chi connectivity index (χ2n) is 11.7. The molecular formula is C34H47N5O. The molecule has 0 radical (unpaired) electrons. The number of aromatic hydroxyl groups is 1. The lowest BCUT2D eigenvalue weighted by Crippen LogP contribution is -2.31. The van der Waals surface area contributed by atoms with Crippen molar-refractivity contribution < 1.29 is 5.11 Å². The Labute approximate surface area is 240 Å². The van der Waals surface area contributed by atoms with Gasteiger partial charge in [-0.1, -0.05) is 45.4 Å². The summed E-state index contributed by atoms with van der Waals surface area (Å²) >= 11 is 0. The minimum Gasteiger partial charge on any atom is -0.507 e. The van der Waals surface area contributed by atoms with Gasteiger partial charge >= 0.3 is 0 Å². The van der Waals surface area contributed by atoms with Gasteiger partial charge in [-0.25, -0.2) is 4.98 Å². The third-order valence-corrected chi connectivity index (χ3v) is 8.50. The highest BCUT2D eigenvalue weighted by Crippen LogP contribution is 2.43. The number of benzene rings is 1. The Kier molecular flexibility index (Phi) is 9.15. The molecule has 0 bridgehead atoms. The Morgan fingerprint density at radius 3 is 2.67 bits per heavy atom.